The first-order valence-electron chi connectivity index (χ1n) is 8.00. The normalized spacial score (nSPS) is 20.0. The summed E-state index contributed by atoms with van der Waals surface area (Å²) in [6.45, 7) is 2.72. The number of likely N-dealkylation sites (tertiary alicyclic amines) is 1. The Balaban J connectivity index is 1.83. The molecular weight excluding hydrogens is 248 g/mol. The number of hydrogen-bond acceptors (Lipinski definition) is 1. The smallest absolute Gasteiger partial charge is 0.324 e. The summed E-state index contributed by atoms with van der Waals surface area (Å²) >= 11 is 0. The molecule has 108 valence electrons. The Bertz CT molecular complexity index is 464. The molecule has 0 saturated carbocycles. The lowest BCUT2D eigenvalue weighted by molar-refractivity contribution is 0.206. The van der Waals surface area contributed by atoms with E-state index >= 15 is 0 Å². The highest BCUT2D eigenvalue weighted by Gasteiger charge is 2.25. The maximum Gasteiger partial charge on any atom is 0.324 e. The van der Waals surface area contributed by atoms with Crippen LogP contribution >= 0.6 is 0 Å². The molecule has 0 unspecified atom stereocenters. The van der Waals surface area contributed by atoms with Crippen LogP contribution in [0.25, 0.3) is 0 Å². The van der Waals surface area contributed by atoms with Crippen molar-refractivity contribution in [1.29, 1.82) is 0 Å². The van der Waals surface area contributed by atoms with Gasteiger partial charge in [0, 0.05) is 25.3 Å². The molecule has 0 bridgehead atoms. The van der Waals surface area contributed by atoms with Crippen molar-refractivity contribution in [2.45, 2.75) is 44.9 Å². The maximum absolute atomic E-state index is 12.9. The summed E-state index contributed by atoms with van der Waals surface area (Å²) in [4.78, 5) is 17.0. The van der Waals surface area contributed by atoms with Gasteiger partial charge in [-0.25, -0.2) is 4.79 Å². The number of nitrogens with zero attached hydrogens (tertiary/aromatic N) is 2. The van der Waals surface area contributed by atoms with Crippen molar-refractivity contribution in [3.05, 3.63) is 29.8 Å². The van der Waals surface area contributed by atoms with E-state index in [1.165, 1.54) is 24.8 Å². The average molecular weight is 272 g/mol. The fraction of sp³-hybridized carbons (Fsp3) is 0.588. The predicted molar refractivity (Wildman–Crippen MR) is 82.2 cm³/mol. The summed E-state index contributed by atoms with van der Waals surface area (Å²) in [5, 5.41) is 0. The number of amides is 2. The first-order valence-corrected chi connectivity index (χ1v) is 8.00. The van der Waals surface area contributed by atoms with Crippen molar-refractivity contribution in [3.63, 3.8) is 0 Å². The van der Waals surface area contributed by atoms with Crippen LogP contribution < -0.4 is 4.90 Å². The Morgan fingerprint density at radius 2 is 1.55 bits per heavy atom. The zero-order valence-corrected chi connectivity index (χ0v) is 12.2. The number of carbonyl (C=O) groups is 1. The first kappa shape index (κ1) is 13.5. The summed E-state index contributed by atoms with van der Waals surface area (Å²) < 4.78 is 0. The Hall–Kier alpha value is -1.51. The quantitative estimate of drug-likeness (QED) is 0.704. The van der Waals surface area contributed by atoms with Gasteiger partial charge >= 0.3 is 6.03 Å². The van der Waals surface area contributed by atoms with Crippen molar-refractivity contribution in [3.8, 4) is 0 Å². The third kappa shape index (κ3) is 2.82. The van der Waals surface area contributed by atoms with E-state index in [-0.39, 0.29) is 6.03 Å². The van der Waals surface area contributed by atoms with E-state index in [1.807, 2.05) is 11.0 Å². The standard InChI is InChI=1S/C17H24N2O/c20-17(18-12-6-1-2-7-13-18)19-14-8-5-10-15-9-3-4-11-16(15)19/h3-4,9,11H,1-2,5-8,10,12-14H2. The predicted octanol–water partition coefficient (Wildman–Crippen LogP) is 3.83. The lowest BCUT2D eigenvalue weighted by Gasteiger charge is -2.30. The topological polar surface area (TPSA) is 23.6 Å². The van der Waals surface area contributed by atoms with Crippen LogP contribution in [0.15, 0.2) is 24.3 Å². The minimum Gasteiger partial charge on any atom is -0.324 e. The van der Waals surface area contributed by atoms with E-state index in [1.54, 1.807) is 0 Å². The van der Waals surface area contributed by atoms with Gasteiger partial charge in [-0.15, -0.1) is 0 Å². The summed E-state index contributed by atoms with van der Waals surface area (Å²) in [7, 11) is 0. The number of fused-ring (bicyclic) bond motifs is 1. The molecular formula is C17H24N2O. The molecule has 0 atom stereocenters. The number of carbonyl (C=O) groups excluding carboxylic acids is 1. The molecule has 2 amide bonds. The van der Waals surface area contributed by atoms with E-state index in [2.05, 4.69) is 23.1 Å². The third-order valence-corrected chi connectivity index (χ3v) is 4.47. The molecule has 0 spiro atoms. The largest absolute Gasteiger partial charge is 0.324 e. The molecule has 0 aliphatic carbocycles. The number of hydrogen-bond donors (Lipinski definition) is 0. The molecule has 3 heteroatoms. The molecule has 0 N–H and O–H groups in total. The molecule has 3 rings (SSSR count). The minimum atomic E-state index is 0.223. The number of urea groups is 1. The summed E-state index contributed by atoms with van der Waals surface area (Å²) in [5.41, 5.74) is 2.47. The van der Waals surface area contributed by atoms with Gasteiger partial charge in [-0.3, -0.25) is 4.90 Å². The Morgan fingerprint density at radius 3 is 2.35 bits per heavy atom. The molecule has 1 saturated heterocycles. The second-order valence-electron chi connectivity index (χ2n) is 5.92. The first-order chi connectivity index (χ1) is 9.86. The average Bonchev–Trinajstić information content (AvgIpc) is 2.87. The summed E-state index contributed by atoms with van der Waals surface area (Å²) in [5.74, 6) is 0. The zero-order valence-electron chi connectivity index (χ0n) is 12.2. The monoisotopic (exact) mass is 272 g/mol. The summed E-state index contributed by atoms with van der Waals surface area (Å²) in [6.07, 6.45) is 8.22. The third-order valence-electron chi connectivity index (χ3n) is 4.47. The van der Waals surface area contributed by atoms with Crippen LogP contribution in [0.2, 0.25) is 0 Å². The van der Waals surface area contributed by atoms with E-state index < -0.39 is 0 Å². The summed E-state index contributed by atoms with van der Waals surface area (Å²) in [6, 6.07) is 8.63. The molecule has 2 heterocycles. The SMILES string of the molecule is O=C(N1CCCCCC1)N1CCCCc2ccccc21. The van der Waals surface area contributed by atoms with E-state index in [0.29, 0.717) is 0 Å². The van der Waals surface area contributed by atoms with Crippen molar-refractivity contribution in [1.82, 2.24) is 4.90 Å². The molecule has 1 aromatic rings. The maximum atomic E-state index is 12.9. The fourth-order valence-electron chi connectivity index (χ4n) is 3.32. The highest BCUT2D eigenvalue weighted by molar-refractivity contribution is 5.93. The van der Waals surface area contributed by atoms with Gasteiger partial charge < -0.3 is 4.90 Å². The van der Waals surface area contributed by atoms with Crippen LogP contribution in [-0.4, -0.2) is 30.6 Å². The second kappa shape index (κ2) is 6.29. The molecule has 0 aromatic heterocycles. The van der Waals surface area contributed by atoms with E-state index in [9.17, 15) is 4.79 Å². The lowest BCUT2D eigenvalue weighted by Crippen LogP contribution is -2.44. The highest BCUT2D eigenvalue weighted by Crippen LogP contribution is 2.27. The lowest BCUT2D eigenvalue weighted by atomic mass is 10.1. The second-order valence-corrected chi connectivity index (χ2v) is 5.92. The van der Waals surface area contributed by atoms with Crippen molar-refractivity contribution < 1.29 is 4.79 Å². The molecule has 20 heavy (non-hydrogen) atoms. The molecule has 3 nitrogen and oxygen atoms in total. The van der Waals surface area contributed by atoms with Crippen LogP contribution in [0, 0.1) is 0 Å². The van der Waals surface area contributed by atoms with E-state index in [4.69, 9.17) is 0 Å². The van der Waals surface area contributed by atoms with Gasteiger partial charge in [0.05, 0.1) is 0 Å². The highest BCUT2D eigenvalue weighted by atomic mass is 16.2. The van der Waals surface area contributed by atoms with Gasteiger partial charge in [0.2, 0.25) is 0 Å². The Labute approximate surface area is 121 Å². The number of aryl methyl sites for hydroxylation is 1. The number of para-hydroxylation sites is 1. The molecule has 0 radical (unpaired) electrons. The van der Waals surface area contributed by atoms with Crippen LogP contribution in [0.5, 0.6) is 0 Å². The van der Waals surface area contributed by atoms with Crippen molar-refractivity contribution in [2.24, 2.45) is 0 Å². The van der Waals surface area contributed by atoms with Crippen LogP contribution in [0.1, 0.15) is 44.1 Å². The van der Waals surface area contributed by atoms with Crippen molar-refractivity contribution >= 4 is 11.7 Å². The minimum absolute atomic E-state index is 0.223. The Kier molecular flexibility index (Phi) is 4.24. The zero-order chi connectivity index (χ0) is 13.8. The molecule has 2 aliphatic heterocycles. The number of rotatable bonds is 0. The van der Waals surface area contributed by atoms with Gasteiger partial charge in [0.25, 0.3) is 0 Å². The van der Waals surface area contributed by atoms with Gasteiger partial charge in [-0.1, -0.05) is 31.0 Å². The van der Waals surface area contributed by atoms with Crippen LogP contribution in [0.4, 0.5) is 10.5 Å². The molecule has 2 aliphatic rings. The molecule has 1 aromatic carbocycles. The number of anilines is 1. The van der Waals surface area contributed by atoms with Crippen LogP contribution in [-0.2, 0) is 6.42 Å². The molecule has 1 fully saturated rings. The van der Waals surface area contributed by atoms with Gasteiger partial charge in [0.1, 0.15) is 0 Å². The van der Waals surface area contributed by atoms with E-state index in [0.717, 1.165) is 51.0 Å². The van der Waals surface area contributed by atoms with Gasteiger partial charge in [0.15, 0.2) is 0 Å². The van der Waals surface area contributed by atoms with Gasteiger partial charge in [-0.2, -0.15) is 0 Å². The fourth-order valence-corrected chi connectivity index (χ4v) is 3.32. The van der Waals surface area contributed by atoms with Crippen molar-refractivity contribution in [2.75, 3.05) is 24.5 Å². The van der Waals surface area contributed by atoms with Crippen LogP contribution in [0.3, 0.4) is 0 Å². The Morgan fingerprint density at radius 1 is 0.850 bits per heavy atom. The number of benzene rings is 1. The van der Waals surface area contributed by atoms with Gasteiger partial charge in [-0.05, 0) is 43.7 Å².